The van der Waals surface area contributed by atoms with Gasteiger partial charge in [0.1, 0.15) is 17.4 Å². The number of hydrogen-bond donors (Lipinski definition) is 0. The summed E-state index contributed by atoms with van der Waals surface area (Å²) in [5.74, 6) is -0.0227. The van der Waals surface area contributed by atoms with E-state index in [9.17, 15) is 4.79 Å². The Morgan fingerprint density at radius 3 is 2.76 bits per heavy atom. The van der Waals surface area contributed by atoms with Gasteiger partial charge >= 0.3 is 5.97 Å². The molecule has 0 aliphatic rings. The molecule has 0 bridgehead atoms. The van der Waals surface area contributed by atoms with Crippen LogP contribution in [0, 0.1) is 11.3 Å². The molecule has 0 atom stereocenters. The molecule has 0 aliphatic carbocycles. The van der Waals surface area contributed by atoms with E-state index in [0.29, 0.717) is 17.9 Å². The van der Waals surface area contributed by atoms with Gasteiger partial charge in [-0.25, -0.2) is 4.79 Å². The smallest absolute Gasteiger partial charge is 0.348 e. The summed E-state index contributed by atoms with van der Waals surface area (Å²) in [6.45, 7) is 2.39. The summed E-state index contributed by atoms with van der Waals surface area (Å²) in [6.07, 6.45) is 1.46. The molecule has 88 valence electrons. The number of benzene rings is 1. The van der Waals surface area contributed by atoms with E-state index in [1.54, 1.807) is 24.3 Å². The fourth-order valence-electron chi connectivity index (χ4n) is 1.29. The Balaban J connectivity index is 3.12. The van der Waals surface area contributed by atoms with Crippen LogP contribution in [0.15, 0.2) is 29.8 Å². The minimum absolute atomic E-state index is 0.0559. The van der Waals surface area contributed by atoms with Gasteiger partial charge in [-0.15, -0.1) is 0 Å². The van der Waals surface area contributed by atoms with Crippen LogP contribution >= 0.6 is 0 Å². The third-order valence-corrected chi connectivity index (χ3v) is 2.04. The molecular formula is C13H13NO3. The molecule has 0 aromatic heterocycles. The van der Waals surface area contributed by atoms with Crippen molar-refractivity contribution < 1.29 is 14.3 Å². The second-order valence-corrected chi connectivity index (χ2v) is 3.13. The molecule has 0 saturated heterocycles. The van der Waals surface area contributed by atoms with Gasteiger partial charge < -0.3 is 9.47 Å². The molecule has 1 aromatic rings. The molecule has 17 heavy (non-hydrogen) atoms. The number of ether oxygens (including phenoxy) is 2. The number of methoxy groups -OCH3 is 1. The Labute approximate surface area is 100 Å². The number of nitriles is 1. The van der Waals surface area contributed by atoms with E-state index in [1.807, 2.05) is 13.0 Å². The molecule has 0 unspecified atom stereocenters. The van der Waals surface area contributed by atoms with Crippen molar-refractivity contribution in [3.8, 4) is 11.8 Å². The Hall–Kier alpha value is -2.28. The molecule has 0 saturated carbocycles. The molecular weight excluding hydrogens is 218 g/mol. The van der Waals surface area contributed by atoms with Crippen molar-refractivity contribution in [2.75, 3.05) is 13.7 Å². The number of carbonyl (C=O) groups is 1. The first-order valence-corrected chi connectivity index (χ1v) is 5.14. The second kappa shape index (κ2) is 6.33. The SMILES string of the molecule is CCOc1ccccc1C=C(C#N)C(=O)OC. The number of esters is 1. The maximum absolute atomic E-state index is 11.3. The van der Waals surface area contributed by atoms with E-state index in [2.05, 4.69) is 4.74 Å². The first-order chi connectivity index (χ1) is 8.22. The highest BCUT2D eigenvalue weighted by molar-refractivity contribution is 5.98. The minimum Gasteiger partial charge on any atom is -0.493 e. The van der Waals surface area contributed by atoms with E-state index >= 15 is 0 Å². The summed E-state index contributed by atoms with van der Waals surface area (Å²) in [4.78, 5) is 11.3. The van der Waals surface area contributed by atoms with Crippen LogP contribution in [0.25, 0.3) is 6.08 Å². The standard InChI is InChI=1S/C13H13NO3/c1-3-17-12-7-5-4-6-10(12)8-11(9-14)13(15)16-2/h4-8H,3H2,1-2H3. The summed E-state index contributed by atoms with van der Waals surface area (Å²) >= 11 is 0. The van der Waals surface area contributed by atoms with Crippen LogP contribution in [-0.2, 0) is 9.53 Å². The number of nitrogens with zero attached hydrogens (tertiary/aromatic N) is 1. The number of para-hydroxylation sites is 1. The summed E-state index contributed by atoms with van der Waals surface area (Å²) in [5.41, 5.74) is 0.621. The van der Waals surface area contributed by atoms with E-state index in [0.717, 1.165) is 0 Å². The third kappa shape index (κ3) is 3.35. The highest BCUT2D eigenvalue weighted by Crippen LogP contribution is 2.21. The fraction of sp³-hybridized carbons (Fsp3) is 0.231. The number of rotatable bonds is 4. The second-order valence-electron chi connectivity index (χ2n) is 3.13. The van der Waals surface area contributed by atoms with E-state index in [-0.39, 0.29) is 5.57 Å². The van der Waals surface area contributed by atoms with E-state index in [4.69, 9.17) is 10.00 Å². The Kier molecular flexibility index (Phi) is 4.77. The molecule has 0 aliphatic heterocycles. The lowest BCUT2D eigenvalue weighted by Gasteiger charge is -2.06. The number of carbonyl (C=O) groups excluding carboxylic acids is 1. The van der Waals surface area contributed by atoms with Gasteiger partial charge in [0.15, 0.2) is 0 Å². The largest absolute Gasteiger partial charge is 0.493 e. The Bertz CT molecular complexity index is 472. The summed E-state index contributed by atoms with van der Waals surface area (Å²) in [7, 11) is 1.24. The molecule has 0 fully saturated rings. The summed E-state index contributed by atoms with van der Waals surface area (Å²) in [6, 6.07) is 8.98. The van der Waals surface area contributed by atoms with Crippen LogP contribution in [0.2, 0.25) is 0 Å². The molecule has 0 N–H and O–H groups in total. The zero-order valence-electron chi connectivity index (χ0n) is 9.77. The zero-order chi connectivity index (χ0) is 12.7. The van der Waals surface area contributed by atoms with Gasteiger partial charge in [0.2, 0.25) is 0 Å². The molecule has 4 nitrogen and oxygen atoms in total. The van der Waals surface area contributed by atoms with Crippen molar-refractivity contribution in [2.45, 2.75) is 6.92 Å². The molecule has 0 radical (unpaired) electrons. The maximum Gasteiger partial charge on any atom is 0.348 e. The molecule has 1 aromatic carbocycles. The zero-order valence-corrected chi connectivity index (χ0v) is 9.77. The fourth-order valence-corrected chi connectivity index (χ4v) is 1.29. The topological polar surface area (TPSA) is 59.3 Å². The van der Waals surface area contributed by atoms with Gasteiger partial charge in [-0.05, 0) is 19.1 Å². The van der Waals surface area contributed by atoms with Crippen LogP contribution in [0.5, 0.6) is 5.75 Å². The molecule has 0 amide bonds. The van der Waals surface area contributed by atoms with Crippen LogP contribution < -0.4 is 4.74 Å². The maximum atomic E-state index is 11.3. The van der Waals surface area contributed by atoms with Crippen molar-refractivity contribution in [3.05, 3.63) is 35.4 Å². The summed E-state index contributed by atoms with van der Waals surface area (Å²) in [5, 5.41) is 8.85. The van der Waals surface area contributed by atoms with E-state index in [1.165, 1.54) is 13.2 Å². The number of hydrogen-bond acceptors (Lipinski definition) is 4. The monoisotopic (exact) mass is 231 g/mol. The molecule has 1 rings (SSSR count). The lowest BCUT2D eigenvalue weighted by atomic mass is 10.1. The van der Waals surface area contributed by atoms with Crippen molar-refractivity contribution in [3.63, 3.8) is 0 Å². The van der Waals surface area contributed by atoms with Crippen LogP contribution in [-0.4, -0.2) is 19.7 Å². The van der Waals surface area contributed by atoms with Crippen molar-refractivity contribution in [2.24, 2.45) is 0 Å². The Morgan fingerprint density at radius 2 is 2.18 bits per heavy atom. The summed E-state index contributed by atoms with van der Waals surface area (Å²) < 4.78 is 9.89. The lowest BCUT2D eigenvalue weighted by molar-refractivity contribution is -0.135. The van der Waals surface area contributed by atoms with Gasteiger partial charge in [0.25, 0.3) is 0 Å². The van der Waals surface area contributed by atoms with Crippen molar-refractivity contribution in [1.82, 2.24) is 0 Å². The average molecular weight is 231 g/mol. The normalized spacial score (nSPS) is 10.5. The minimum atomic E-state index is -0.654. The van der Waals surface area contributed by atoms with Crippen LogP contribution in [0.3, 0.4) is 0 Å². The van der Waals surface area contributed by atoms with Gasteiger partial charge in [0.05, 0.1) is 13.7 Å². The van der Waals surface area contributed by atoms with Crippen molar-refractivity contribution in [1.29, 1.82) is 5.26 Å². The van der Waals surface area contributed by atoms with Crippen LogP contribution in [0.1, 0.15) is 12.5 Å². The highest BCUT2D eigenvalue weighted by Gasteiger charge is 2.10. The predicted molar refractivity (Wildman–Crippen MR) is 63.2 cm³/mol. The third-order valence-electron chi connectivity index (χ3n) is 2.04. The molecule has 0 heterocycles. The quantitative estimate of drug-likeness (QED) is 0.452. The highest BCUT2D eigenvalue weighted by atomic mass is 16.5. The first-order valence-electron chi connectivity index (χ1n) is 5.14. The lowest BCUT2D eigenvalue weighted by Crippen LogP contribution is -2.03. The van der Waals surface area contributed by atoms with Gasteiger partial charge in [0, 0.05) is 5.56 Å². The average Bonchev–Trinajstić information content (AvgIpc) is 2.37. The van der Waals surface area contributed by atoms with Gasteiger partial charge in [-0.3, -0.25) is 0 Å². The Morgan fingerprint density at radius 1 is 1.47 bits per heavy atom. The van der Waals surface area contributed by atoms with Crippen LogP contribution in [0.4, 0.5) is 0 Å². The molecule has 0 spiro atoms. The first kappa shape index (κ1) is 12.8. The van der Waals surface area contributed by atoms with E-state index < -0.39 is 5.97 Å². The molecule has 4 heteroatoms. The predicted octanol–water partition coefficient (Wildman–Crippen LogP) is 2.17. The van der Waals surface area contributed by atoms with Crippen molar-refractivity contribution >= 4 is 12.0 Å². The van der Waals surface area contributed by atoms with Gasteiger partial charge in [-0.1, -0.05) is 18.2 Å². The van der Waals surface area contributed by atoms with Gasteiger partial charge in [-0.2, -0.15) is 5.26 Å².